The standard InChI is InChI=1S/C26H28FN3O2/c1-31-25-8-4-2-6-23(25)29-16-14-28(15-17-29)18-22-19-30(21-12-10-20(27)11-13-21)24-7-3-5-9-26(24)32-22/h2-13,22H,14-19H2,1H3. The number of benzene rings is 3. The van der Waals surface area contributed by atoms with Gasteiger partial charge in [-0.1, -0.05) is 24.3 Å². The Bertz CT molecular complexity index is 1050. The molecule has 0 aliphatic carbocycles. The van der Waals surface area contributed by atoms with Crippen molar-refractivity contribution >= 4 is 17.1 Å². The number of piperazine rings is 1. The number of para-hydroxylation sites is 4. The van der Waals surface area contributed by atoms with E-state index in [0.29, 0.717) is 0 Å². The van der Waals surface area contributed by atoms with Crippen molar-refractivity contribution in [2.75, 3.05) is 56.2 Å². The summed E-state index contributed by atoms with van der Waals surface area (Å²) in [5.41, 5.74) is 3.16. The van der Waals surface area contributed by atoms with Gasteiger partial charge in [0.25, 0.3) is 0 Å². The first-order chi connectivity index (χ1) is 15.7. The third-order valence-corrected chi connectivity index (χ3v) is 6.23. The maximum absolute atomic E-state index is 13.5. The number of halogens is 1. The van der Waals surface area contributed by atoms with Gasteiger partial charge in [-0.25, -0.2) is 4.39 Å². The Morgan fingerprint density at radius 3 is 2.31 bits per heavy atom. The number of rotatable bonds is 5. The lowest BCUT2D eigenvalue weighted by molar-refractivity contribution is 0.127. The van der Waals surface area contributed by atoms with E-state index in [1.54, 1.807) is 7.11 Å². The number of hydrogen-bond donors (Lipinski definition) is 0. The van der Waals surface area contributed by atoms with Crippen LogP contribution in [0.25, 0.3) is 0 Å². The van der Waals surface area contributed by atoms with Gasteiger partial charge in [-0.3, -0.25) is 4.90 Å². The van der Waals surface area contributed by atoms with E-state index in [9.17, 15) is 4.39 Å². The molecular weight excluding hydrogens is 405 g/mol. The van der Waals surface area contributed by atoms with Crippen molar-refractivity contribution in [2.45, 2.75) is 6.10 Å². The fraction of sp³-hybridized carbons (Fsp3) is 0.308. The minimum Gasteiger partial charge on any atom is -0.495 e. The predicted molar refractivity (Wildman–Crippen MR) is 126 cm³/mol. The molecule has 0 bridgehead atoms. The molecular formula is C26H28FN3O2. The van der Waals surface area contributed by atoms with E-state index in [1.165, 1.54) is 12.1 Å². The Morgan fingerprint density at radius 1 is 0.875 bits per heavy atom. The summed E-state index contributed by atoms with van der Waals surface area (Å²) in [6, 6.07) is 23.0. The van der Waals surface area contributed by atoms with Crippen LogP contribution in [0.2, 0.25) is 0 Å². The van der Waals surface area contributed by atoms with Crippen LogP contribution < -0.4 is 19.3 Å². The second-order valence-electron chi connectivity index (χ2n) is 8.25. The van der Waals surface area contributed by atoms with Gasteiger partial charge in [0.1, 0.15) is 23.4 Å². The van der Waals surface area contributed by atoms with Crippen LogP contribution in [0.5, 0.6) is 11.5 Å². The smallest absolute Gasteiger partial charge is 0.143 e. The fourth-order valence-electron chi connectivity index (χ4n) is 4.61. The van der Waals surface area contributed by atoms with Crippen LogP contribution in [0.4, 0.5) is 21.5 Å². The van der Waals surface area contributed by atoms with Gasteiger partial charge in [0.2, 0.25) is 0 Å². The third-order valence-electron chi connectivity index (χ3n) is 6.23. The molecule has 166 valence electrons. The van der Waals surface area contributed by atoms with Crippen molar-refractivity contribution in [1.82, 2.24) is 4.90 Å². The zero-order chi connectivity index (χ0) is 21.9. The van der Waals surface area contributed by atoms with Crippen LogP contribution in [-0.4, -0.2) is 57.4 Å². The van der Waals surface area contributed by atoms with Gasteiger partial charge >= 0.3 is 0 Å². The van der Waals surface area contributed by atoms with Crippen molar-refractivity contribution in [1.29, 1.82) is 0 Å². The molecule has 1 fully saturated rings. The number of fused-ring (bicyclic) bond motifs is 1. The molecule has 2 aliphatic rings. The second-order valence-corrected chi connectivity index (χ2v) is 8.25. The van der Waals surface area contributed by atoms with Crippen molar-refractivity contribution in [3.8, 4) is 11.5 Å². The SMILES string of the molecule is COc1ccccc1N1CCN(CC2CN(c3ccc(F)cc3)c3ccccc3O2)CC1. The quantitative estimate of drug-likeness (QED) is 0.589. The van der Waals surface area contributed by atoms with Crippen LogP contribution in [0.1, 0.15) is 0 Å². The summed E-state index contributed by atoms with van der Waals surface area (Å²) in [5.74, 6) is 1.57. The Kier molecular flexibility index (Phi) is 5.86. The Hall–Kier alpha value is -3.25. The molecule has 1 unspecified atom stereocenters. The van der Waals surface area contributed by atoms with Gasteiger partial charge in [0.05, 0.1) is 25.0 Å². The molecule has 1 atom stereocenters. The first-order valence-electron chi connectivity index (χ1n) is 11.1. The van der Waals surface area contributed by atoms with Gasteiger partial charge in [-0.15, -0.1) is 0 Å². The summed E-state index contributed by atoms with van der Waals surface area (Å²) < 4.78 is 25.4. The summed E-state index contributed by atoms with van der Waals surface area (Å²) >= 11 is 0. The zero-order valence-corrected chi connectivity index (χ0v) is 18.3. The van der Waals surface area contributed by atoms with Gasteiger partial charge in [0, 0.05) is 38.4 Å². The maximum atomic E-state index is 13.5. The van der Waals surface area contributed by atoms with E-state index >= 15 is 0 Å². The molecule has 3 aromatic carbocycles. The first-order valence-corrected chi connectivity index (χ1v) is 11.1. The van der Waals surface area contributed by atoms with Crippen LogP contribution >= 0.6 is 0 Å². The van der Waals surface area contributed by atoms with Crippen molar-refractivity contribution in [3.63, 3.8) is 0 Å². The van der Waals surface area contributed by atoms with E-state index < -0.39 is 0 Å². The highest BCUT2D eigenvalue weighted by Crippen LogP contribution is 2.38. The van der Waals surface area contributed by atoms with Gasteiger partial charge in [0.15, 0.2) is 0 Å². The molecule has 5 nitrogen and oxygen atoms in total. The molecule has 6 heteroatoms. The lowest BCUT2D eigenvalue weighted by Gasteiger charge is -2.41. The molecule has 32 heavy (non-hydrogen) atoms. The largest absolute Gasteiger partial charge is 0.495 e. The first kappa shape index (κ1) is 20.6. The van der Waals surface area contributed by atoms with Crippen LogP contribution in [-0.2, 0) is 0 Å². The Labute approximate surface area is 188 Å². The summed E-state index contributed by atoms with van der Waals surface area (Å²) in [7, 11) is 1.72. The zero-order valence-electron chi connectivity index (χ0n) is 18.3. The van der Waals surface area contributed by atoms with Crippen molar-refractivity contribution in [3.05, 3.63) is 78.6 Å². The molecule has 2 aliphatic heterocycles. The molecule has 3 aromatic rings. The molecule has 2 heterocycles. The number of nitrogens with zero attached hydrogens (tertiary/aromatic N) is 3. The monoisotopic (exact) mass is 433 g/mol. The maximum Gasteiger partial charge on any atom is 0.143 e. The molecule has 1 saturated heterocycles. The lowest BCUT2D eigenvalue weighted by Crippen LogP contribution is -2.52. The second kappa shape index (κ2) is 9.09. The van der Waals surface area contributed by atoms with Crippen molar-refractivity contribution < 1.29 is 13.9 Å². The topological polar surface area (TPSA) is 28.2 Å². The highest BCUT2D eigenvalue weighted by Gasteiger charge is 2.29. The van der Waals surface area contributed by atoms with E-state index in [1.807, 2.05) is 42.5 Å². The lowest BCUT2D eigenvalue weighted by atomic mass is 10.1. The summed E-state index contributed by atoms with van der Waals surface area (Å²) in [6.07, 6.45) is 0.0350. The van der Waals surface area contributed by atoms with Gasteiger partial charge in [-0.2, -0.15) is 0 Å². The van der Waals surface area contributed by atoms with Crippen molar-refractivity contribution in [2.24, 2.45) is 0 Å². The van der Waals surface area contributed by atoms with Gasteiger partial charge in [-0.05, 0) is 48.5 Å². The van der Waals surface area contributed by atoms with Crippen LogP contribution in [0.15, 0.2) is 72.8 Å². The number of ether oxygens (including phenoxy) is 2. The summed E-state index contributed by atoms with van der Waals surface area (Å²) in [6.45, 7) is 5.42. The van der Waals surface area contributed by atoms with E-state index in [4.69, 9.17) is 9.47 Å². The molecule has 0 radical (unpaired) electrons. The number of hydrogen-bond acceptors (Lipinski definition) is 5. The van der Waals surface area contributed by atoms with E-state index in [2.05, 4.69) is 32.9 Å². The molecule has 0 amide bonds. The van der Waals surface area contributed by atoms with Crippen LogP contribution in [0, 0.1) is 5.82 Å². The normalized spacial score (nSPS) is 18.8. The Morgan fingerprint density at radius 2 is 1.56 bits per heavy atom. The minimum absolute atomic E-state index is 0.0350. The van der Waals surface area contributed by atoms with E-state index in [-0.39, 0.29) is 11.9 Å². The highest BCUT2D eigenvalue weighted by molar-refractivity contribution is 5.70. The molecule has 0 saturated carbocycles. The third kappa shape index (κ3) is 4.23. The molecule has 5 rings (SSSR count). The number of anilines is 3. The fourth-order valence-corrected chi connectivity index (χ4v) is 4.61. The minimum atomic E-state index is -0.222. The van der Waals surface area contributed by atoms with Gasteiger partial charge < -0.3 is 19.3 Å². The molecule has 0 N–H and O–H groups in total. The van der Waals surface area contributed by atoms with E-state index in [0.717, 1.165) is 67.8 Å². The molecule has 0 spiro atoms. The average Bonchev–Trinajstić information content (AvgIpc) is 2.84. The summed E-state index contributed by atoms with van der Waals surface area (Å²) in [4.78, 5) is 7.08. The number of methoxy groups -OCH3 is 1. The molecule has 0 aromatic heterocycles. The predicted octanol–water partition coefficient (Wildman–Crippen LogP) is 4.56. The highest BCUT2D eigenvalue weighted by atomic mass is 19.1. The summed E-state index contributed by atoms with van der Waals surface area (Å²) in [5, 5.41) is 0. The van der Waals surface area contributed by atoms with Crippen LogP contribution in [0.3, 0.4) is 0 Å². The average molecular weight is 434 g/mol. The Balaban J connectivity index is 1.27.